The smallest absolute Gasteiger partial charge is 0.255 e. The molecule has 34 heavy (non-hydrogen) atoms. The Hall–Kier alpha value is -4.00. The van der Waals surface area contributed by atoms with Crippen molar-refractivity contribution >= 4 is 22.7 Å². The van der Waals surface area contributed by atoms with Gasteiger partial charge in [0, 0.05) is 22.9 Å². The van der Waals surface area contributed by atoms with Crippen LogP contribution in [0.1, 0.15) is 36.7 Å². The van der Waals surface area contributed by atoms with E-state index in [1.807, 2.05) is 58.0 Å². The van der Waals surface area contributed by atoms with E-state index >= 15 is 0 Å². The van der Waals surface area contributed by atoms with E-state index in [1.54, 1.807) is 24.3 Å². The summed E-state index contributed by atoms with van der Waals surface area (Å²) in [6.45, 7) is 8.97. The second-order valence-corrected chi connectivity index (χ2v) is 7.57. The molecule has 0 aliphatic heterocycles. The molecule has 0 radical (unpaired) electrons. The largest absolute Gasteiger partial charge is 0.490 e. The Labute approximate surface area is 198 Å². The summed E-state index contributed by atoms with van der Waals surface area (Å²) in [4.78, 5) is 17.7. The second-order valence-electron chi connectivity index (χ2n) is 7.57. The number of nitrogens with one attached hydrogen (secondary N) is 1. The average molecular weight is 461 g/mol. The van der Waals surface area contributed by atoms with Crippen molar-refractivity contribution in [2.45, 2.75) is 27.7 Å². The van der Waals surface area contributed by atoms with Gasteiger partial charge in [-0.25, -0.2) is 4.98 Å². The Morgan fingerprint density at radius 2 is 1.59 bits per heavy atom. The minimum atomic E-state index is -0.303. The summed E-state index contributed by atoms with van der Waals surface area (Å²) in [6, 6.07) is 16.6. The number of oxazole rings is 1. The molecule has 0 aliphatic carbocycles. The van der Waals surface area contributed by atoms with Crippen LogP contribution in [0.5, 0.6) is 17.2 Å². The number of carbonyl (C=O) groups excluding carboxylic acids is 1. The average Bonchev–Trinajstić information content (AvgIpc) is 3.24. The normalized spacial score (nSPS) is 10.8. The molecule has 0 fully saturated rings. The highest BCUT2D eigenvalue weighted by molar-refractivity contribution is 6.05. The van der Waals surface area contributed by atoms with Crippen molar-refractivity contribution < 1.29 is 23.4 Å². The summed E-state index contributed by atoms with van der Waals surface area (Å²) in [5, 5.41) is 2.92. The number of amides is 1. The molecular weight excluding hydrogens is 432 g/mol. The van der Waals surface area contributed by atoms with E-state index in [-0.39, 0.29) is 5.91 Å². The maximum absolute atomic E-state index is 13.1. The molecular formula is C27H28N2O5. The van der Waals surface area contributed by atoms with Crippen molar-refractivity contribution in [3.8, 4) is 28.7 Å². The van der Waals surface area contributed by atoms with Crippen LogP contribution >= 0.6 is 0 Å². The first-order valence-electron chi connectivity index (χ1n) is 11.4. The van der Waals surface area contributed by atoms with Crippen molar-refractivity contribution in [3.63, 3.8) is 0 Å². The number of ether oxygens (including phenoxy) is 3. The highest BCUT2D eigenvalue weighted by Crippen LogP contribution is 2.39. The Morgan fingerprint density at radius 1 is 0.912 bits per heavy atom. The Kier molecular flexibility index (Phi) is 7.01. The number of rotatable bonds is 9. The maximum Gasteiger partial charge on any atom is 0.255 e. The molecule has 0 saturated heterocycles. The molecule has 0 aliphatic rings. The van der Waals surface area contributed by atoms with Gasteiger partial charge in [-0.1, -0.05) is 18.2 Å². The third-order valence-electron chi connectivity index (χ3n) is 5.19. The zero-order valence-corrected chi connectivity index (χ0v) is 19.8. The summed E-state index contributed by atoms with van der Waals surface area (Å²) in [6.07, 6.45) is 0. The molecule has 1 N–H and O–H groups in total. The lowest BCUT2D eigenvalue weighted by atomic mass is 10.1. The zero-order valence-electron chi connectivity index (χ0n) is 19.8. The van der Waals surface area contributed by atoms with E-state index in [2.05, 4.69) is 10.3 Å². The van der Waals surface area contributed by atoms with Gasteiger partial charge in [-0.05, 0) is 63.6 Å². The Bertz CT molecular complexity index is 1280. The summed E-state index contributed by atoms with van der Waals surface area (Å²) in [7, 11) is 0. The third-order valence-corrected chi connectivity index (χ3v) is 5.19. The van der Waals surface area contributed by atoms with E-state index in [1.165, 1.54) is 0 Å². The number of benzene rings is 3. The first-order chi connectivity index (χ1) is 16.5. The fourth-order valence-electron chi connectivity index (χ4n) is 3.65. The first-order valence-corrected chi connectivity index (χ1v) is 11.4. The number of carbonyl (C=O) groups is 1. The number of hydrogen-bond donors (Lipinski definition) is 1. The highest BCUT2D eigenvalue weighted by Gasteiger charge is 2.19. The van der Waals surface area contributed by atoms with E-state index < -0.39 is 0 Å². The number of hydrogen-bond acceptors (Lipinski definition) is 6. The van der Waals surface area contributed by atoms with Gasteiger partial charge in [0.15, 0.2) is 17.1 Å². The molecule has 0 bridgehead atoms. The van der Waals surface area contributed by atoms with Crippen LogP contribution in [0.3, 0.4) is 0 Å². The molecule has 176 valence electrons. The molecule has 0 spiro atoms. The van der Waals surface area contributed by atoms with Gasteiger partial charge in [-0.15, -0.1) is 0 Å². The van der Waals surface area contributed by atoms with E-state index in [4.69, 9.17) is 18.6 Å². The van der Waals surface area contributed by atoms with Crippen molar-refractivity contribution in [1.29, 1.82) is 0 Å². The standard InChI is InChI=1S/C27H28N2O5/c1-5-31-23-14-18(15-24(32-6-2)25(23)33-7-3)26(30)28-19-12-13-21-22(16-19)34-27(29-21)20-11-9-8-10-17(20)4/h8-16H,5-7H2,1-4H3,(H,28,30). The quantitative estimate of drug-likeness (QED) is 0.318. The van der Waals surface area contributed by atoms with Gasteiger partial charge in [0.1, 0.15) is 5.52 Å². The summed E-state index contributed by atoms with van der Waals surface area (Å²) in [5.41, 5.74) is 4.31. The highest BCUT2D eigenvalue weighted by atomic mass is 16.5. The van der Waals surface area contributed by atoms with Gasteiger partial charge >= 0.3 is 0 Å². The lowest BCUT2D eigenvalue weighted by Gasteiger charge is -2.17. The second kappa shape index (κ2) is 10.3. The molecule has 1 aromatic heterocycles. The SMILES string of the molecule is CCOc1cc(C(=O)Nc2ccc3nc(-c4ccccc4C)oc3c2)cc(OCC)c1OCC. The molecule has 0 saturated carbocycles. The van der Waals surface area contributed by atoms with Crippen LogP contribution < -0.4 is 19.5 Å². The lowest BCUT2D eigenvalue weighted by Crippen LogP contribution is -2.13. The predicted octanol–water partition coefficient (Wildman–Crippen LogP) is 6.25. The van der Waals surface area contributed by atoms with Crippen LogP contribution in [0.25, 0.3) is 22.6 Å². The van der Waals surface area contributed by atoms with Gasteiger partial charge in [-0.2, -0.15) is 0 Å². The maximum atomic E-state index is 13.1. The minimum Gasteiger partial charge on any atom is -0.490 e. The van der Waals surface area contributed by atoms with Crippen LogP contribution in [0.4, 0.5) is 5.69 Å². The third kappa shape index (κ3) is 4.83. The van der Waals surface area contributed by atoms with Crippen molar-refractivity contribution in [3.05, 3.63) is 65.7 Å². The topological polar surface area (TPSA) is 82.8 Å². The van der Waals surface area contributed by atoms with E-state index in [0.717, 1.165) is 16.6 Å². The number of aromatic nitrogens is 1. The first kappa shape index (κ1) is 23.2. The fourth-order valence-corrected chi connectivity index (χ4v) is 3.65. The van der Waals surface area contributed by atoms with Crippen molar-refractivity contribution in [1.82, 2.24) is 4.98 Å². The van der Waals surface area contributed by atoms with Gasteiger partial charge in [0.2, 0.25) is 11.6 Å². The Balaban J connectivity index is 1.63. The molecule has 0 unspecified atom stereocenters. The monoisotopic (exact) mass is 460 g/mol. The van der Waals surface area contributed by atoms with Gasteiger partial charge in [0.05, 0.1) is 19.8 Å². The summed E-state index contributed by atoms with van der Waals surface area (Å²) in [5.74, 6) is 1.67. The molecule has 0 atom stereocenters. The molecule has 4 rings (SSSR count). The molecule has 7 heteroatoms. The number of fused-ring (bicyclic) bond motifs is 1. The molecule has 1 amide bonds. The zero-order chi connectivity index (χ0) is 24.1. The number of anilines is 1. The number of nitrogens with zero attached hydrogens (tertiary/aromatic N) is 1. The summed E-state index contributed by atoms with van der Waals surface area (Å²) >= 11 is 0. The Morgan fingerprint density at radius 3 is 2.24 bits per heavy atom. The lowest BCUT2D eigenvalue weighted by molar-refractivity contribution is 0.102. The number of aryl methyl sites for hydroxylation is 1. The van der Waals surface area contributed by atoms with Gasteiger partial charge in [-0.3, -0.25) is 4.79 Å². The summed E-state index contributed by atoms with van der Waals surface area (Å²) < 4.78 is 23.2. The molecule has 7 nitrogen and oxygen atoms in total. The molecule has 3 aromatic carbocycles. The van der Waals surface area contributed by atoms with Crippen LogP contribution in [-0.4, -0.2) is 30.7 Å². The van der Waals surface area contributed by atoms with Crippen LogP contribution in [0.15, 0.2) is 59.0 Å². The van der Waals surface area contributed by atoms with Gasteiger partial charge in [0.25, 0.3) is 5.91 Å². The van der Waals surface area contributed by atoms with E-state index in [9.17, 15) is 4.79 Å². The molecule has 4 aromatic rings. The fraction of sp³-hybridized carbons (Fsp3) is 0.259. The van der Waals surface area contributed by atoms with E-state index in [0.29, 0.717) is 59.8 Å². The van der Waals surface area contributed by atoms with Gasteiger partial charge < -0.3 is 23.9 Å². The van der Waals surface area contributed by atoms with Crippen LogP contribution in [0, 0.1) is 6.92 Å². The minimum absolute atomic E-state index is 0.303. The van der Waals surface area contributed by atoms with Crippen LogP contribution in [0.2, 0.25) is 0 Å². The predicted molar refractivity (Wildman–Crippen MR) is 132 cm³/mol. The van der Waals surface area contributed by atoms with Crippen molar-refractivity contribution in [2.24, 2.45) is 0 Å². The molecule has 1 heterocycles. The van der Waals surface area contributed by atoms with Crippen molar-refractivity contribution in [2.75, 3.05) is 25.1 Å². The van der Waals surface area contributed by atoms with Crippen LogP contribution in [-0.2, 0) is 0 Å².